The minimum absolute atomic E-state index is 0.00785. The lowest BCUT2D eigenvalue weighted by molar-refractivity contribution is -0.126. The number of benzene rings is 3. The molecule has 42 heavy (non-hydrogen) atoms. The Bertz CT molecular complexity index is 1500. The fourth-order valence-electron chi connectivity index (χ4n) is 5.00. The van der Waals surface area contributed by atoms with Crippen LogP contribution in [-0.4, -0.2) is 27.9 Å². The predicted octanol–water partition coefficient (Wildman–Crippen LogP) is 6.65. The zero-order valence-corrected chi connectivity index (χ0v) is 23.9. The molecule has 9 heteroatoms. The van der Waals surface area contributed by atoms with E-state index in [1.165, 1.54) is 35.6 Å². The number of ether oxygens (including phenoxy) is 1. The molecular formula is C33H33N3O5S. The summed E-state index contributed by atoms with van der Waals surface area (Å²) >= 11 is 1.33. The lowest BCUT2D eigenvalue weighted by atomic mass is 9.88. The molecular weight excluding hydrogens is 550 g/mol. The van der Waals surface area contributed by atoms with Crippen LogP contribution in [0, 0.1) is 5.92 Å². The molecule has 1 heterocycles. The fourth-order valence-corrected chi connectivity index (χ4v) is 5.85. The number of aromatic carboxylic acids is 1. The van der Waals surface area contributed by atoms with Gasteiger partial charge in [0.25, 0.3) is 5.91 Å². The van der Waals surface area contributed by atoms with Crippen molar-refractivity contribution in [1.29, 1.82) is 0 Å². The maximum Gasteiger partial charge on any atom is 0.335 e. The van der Waals surface area contributed by atoms with Crippen molar-refractivity contribution in [2.75, 3.05) is 5.32 Å². The van der Waals surface area contributed by atoms with Crippen LogP contribution in [0.2, 0.25) is 0 Å². The van der Waals surface area contributed by atoms with Crippen molar-refractivity contribution in [1.82, 2.24) is 10.3 Å². The standard InChI is InChI=1S/C33H33N3O5S/c37-30(24-9-5-2-6-10-24)35-28(19-22-11-17-27(18-12-22)41-20-23-7-3-1-4-8-23)32-36-29(21-42-32)31(38)34-26-15-13-25(14-16-26)33(39)40/h1,3-4,7-8,11-18,21,24,28H,2,5-6,9-10,19-20H2,(H,34,38)(H,35,37)(H,39,40)/t28-/m0/s1. The Morgan fingerprint density at radius 1 is 0.905 bits per heavy atom. The highest BCUT2D eigenvalue weighted by molar-refractivity contribution is 7.10. The molecule has 1 aliphatic rings. The van der Waals surface area contributed by atoms with Gasteiger partial charge in [-0.2, -0.15) is 0 Å². The van der Waals surface area contributed by atoms with Crippen LogP contribution in [0.15, 0.2) is 84.2 Å². The zero-order valence-electron chi connectivity index (χ0n) is 23.1. The molecule has 0 aliphatic heterocycles. The number of carbonyl (C=O) groups excluding carboxylic acids is 2. The number of hydrogen-bond donors (Lipinski definition) is 3. The first kappa shape index (κ1) is 29.0. The highest BCUT2D eigenvalue weighted by Gasteiger charge is 2.26. The molecule has 4 aromatic rings. The summed E-state index contributed by atoms with van der Waals surface area (Å²) in [6.07, 6.45) is 5.57. The first-order valence-electron chi connectivity index (χ1n) is 14.1. The van der Waals surface area contributed by atoms with Crippen molar-refractivity contribution in [3.63, 3.8) is 0 Å². The zero-order chi connectivity index (χ0) is 29.3. The van der Waals surface area contributed by atoms with Gasteiger partial charge in [0.1, 0.15) is 23.1 Å². The highest BCUT2D eigenvalue weighted by Crippen LogP contribution is 2.28. The predicted molar refractivity (Wildman–Crippen MR) is 162 cm³/mol. The number of carbonyl (C=O) groups is 3. The van der Waals surface area contributed by atoms with E-state index >= 15 is 0 Å². The molecule has 1 aromatic heterocycles. The number of nitrogens with one attached hydrogen (secondary N) is 2. The first-order chi connectivity index (χ1) is 20.4. The van der Waals surface area contributed by atoms with E-state index in [1.807, 2.05) is 54.6 Å². The van der Waals surface area contributed by atoms with Crippen LogP contribution < -0.4 is 15.4 Å². The second-order valence-corrected chi connectivity index (χ2v) is 11.3. The van der Waals surface area contributed by atoms with Gasteiger partial charge >= 0.3 is 5.97 Å². The summed E-state index contributed by atoms with van der Waals surface area (Å²) in [7, 11) is 0. The highest BCUT2D eigenvalue weighted by atomic mass is 32.1. The molecule has 3 aromatic carbocycles. The van der Waals surface area contributed by atoms with Gasteiger partial charge in [0, 0.05) is 17.0 Å². The second kappa shape index (κ2) is 13.9. The summed E-state index contributed by atoms with van der Waals surface area (Å²) in [6, 6.07) is 23.3. The smallest absolute Gasteiger partial charge is 0.335 e. The number of carboxylic acid groups (broad SMARTS) is 1. The van der Waals surface area contributed by atoms with Crippen molar-refractivity contribution < 1.29 is 24.2 Å². The monoisotopic (exact) mass is 583 g/mol. The minimum Gasteiger partial charge on any atom is -0.489 e. The van der Waals surface area contributed by atoms with Crippen molar-refractivity contribution in [2.24, 2.45) is 5.92 Å². The number of amides is 2. The molecule has 8 nitrogen and oxygen atoms in total. The van der Waals surface area contributed by atoms with E-state index in [0.717, 1.165) is 49.0 Å². The number of rotatable bonds is 11. The molecule has 0 saturated heterocycles. The lowest BCUT2D eigenvalue weighted by Crippen LogP contribution is -2.36. The van der Waals surface area contributed by atoms with Crippen molar-refractivity contribution in [3.8, 4) is 5.75 Å². The topological polar surface area (TPSA) is 118 Å². The Morgan fingerprint density at radius 3 is 2.31 bits per heavy atom. The van der Waals surface area contributed by atoms with Gasteiger partial charge in [-0.25, -0.2) is 9.78 Å². The molecule has 216 valence electrons. The third-order valence-electron chi connectivity index (χ3n) is 7.35. The maximum atomic E-state index is 13.2. The third-order valence-corrected chi connectivity index (χ3v) is 8.30. The number of aromatic nitrogens is 1. The van der Waals surface area contributed by atoms with Gasteiger partial charge < -0.3 is 20.5 Å². The van der Waals surface area contributed by atoms with Crippen LogP contribution in [0.4, 0.5) is 5.69 Å². The SMILES string of the molecule is O=C(O)c1ccc(NC(=O)c2csc([C@H](Cc3ccc(OCc4ccccc4)cc3)NC(=O)C3CCCCC3)n2)cc1. The van der Waals surface area contributed by atoms with Gasteiger partial charge in [0.05, 0.1) is 11.6 Å². The van der Waals surface area contributed by atoms with Crippen molar-refractivity contribution in [2.45, 2.75) is 51.2 Å². The molecule has 0 spiro atoms. The number of thiazole rings is 1. The van der Waals surface area contributed by atoms with E-state index < -0.39 is 17.9 Å². The van der Waals surface area contributed by atoms with Gasteiger partial charge in [0.15, 0.2) is 0 Å². The van der Waals surface area contributed by atoms with Crippen molar-refractivity contribution >= 4 is 34.8 Å². The average Bonchev–Trinajstić information content (AvgIpc) is 3.52. The van der Waals surface area contributed by atoms with Crippen LogP contribution in [0.1, 0.15) is 75.1 Å². The summed E-state index contributed by atoms with van der Waals surface area (Å²) in [5, 5.41) is 17.4. The Balaban J connectivity index is 1.28. The van der Waals surface area contributed by atoms with E-state index in [0.29, 0.717) is 23.7 Å². The molecule has 0 bridgehead atoms. The van der Waals surface area contributed by atoms with E-state index in [-0.39, 0.29) is 23.1 Å². The second-order valence-electron chi connectivity index (χ2n) is 10.4. The number of anilines is 1. The van der Waals surface area contributed by atoms with Crippen LogP contribution in [0.5, 0.6) is 5.75 Å². The molecule has 3 N–H and O–H groups in total. The van der Waals surface area contributed by atoms with E-state index in [1.54, 1.807) is 5.38 Å². The number of nitrogens with zero attached hydrogens (tertiary/aromatic N) is 1. The van der Waals surface area contributed by atoms with Crippen molar-refractivity contribution in [3.05, 3.63) is 112 Å². The van der Waals surface area contributed by atoms with Crippen LogP contribution in [-0.2, 0) is 17.8 Å². The third kappa shape index (κ3) is 7.82. The van der Waals surface area contributed by atoms with Gasteiger partial charge in [-0.3, -0.25) is 9.59 Å². The van der Waals surface area contributed by atoms with Crippen LogP contribution >= 0.6 is 11.3 Å². The van der Waals surface area contributed by atoms with Crippen LogP contribution in [0.3, 0.4) is 0 Å². The largest absolute Gasteiger partial charge is 0.489 e. The lowest BCUT2D eigenvalue weighted by Gasteiger charge is -2.24. The summed E-state index contributed by atoms with van der Waals surface area (Å²) in [4.78, 5) is 41.8. The summed E-state index contributed by atoms with van der Waals surface area (Å²) in [5.41, 5.74) is 2.94. The van der Waals surface area contributed by atoms with E-state index in [4.69, 9.17) is 9.84 Å². The fraction of sp³-hybridized carbons (Fsp3) is 0.273. The Hall–Kier alpha value is -4.50. The van der Waals surface area contributed by atoms with E-state index in [9.17, 15) is 14.4 Å². The molecule has 1 fully saturated rings. The molecule has 0 unspecified atom stereocenters. The molecule has 5 rings (SSSR count). The van der Waals surface area contributed by atoms with Gasteiger partial charge in [-0.05, 0) is 66.8 Å². The summed E-state index contributed by atoms with van der Waals surface area (Å²) in [6.45, 7) is 0.480. The summed E-state index contributed by atoms with van der Waals surface area (Å²) < 4.78 is 5.92. The summed E-state index contributed by atoms with van der Waals surface area (Å²) in [5.74, 6) is -0.658. The quantitative estimate of drug-likeness (QED) is 0.182. The number of carboxylic acids is 1. The molecule has 1 saturated carbocycles. The Morgan fingerprint density at radius 2 is 1.62 bits per heavy atom. The average molecular weight is 584 g/mol. The van der Waals surface area contributed by atoms with E-state index in [2.05, 4.69) is 15.6 Å². The Labute approximate surface area is 248 Å². The molecule has 2 amide bonds. The molecule has 1 atom stereocenters. The minimum atomic E-state index is -1.03. The normalized spacial score (nSPS) is 14.1. The van der Waals surface area contributed by atoms with Gasteiger partial charge in [-0.15, -0.1) is 11.3 Å². The molecule has 0 radical (unpaired) electrons. The maximum absolute atomic E-state index is 13.2. The van der Waals surface area contributed by atoms with Crippen LogP contribution in [0.25, 0.3) is 0 Å². The van der Waals surface area contributed by atoms with Gasteiger partial charge in [0.2, 0.25) is 5.91 Å². The Kier molecular flexibility index (Phi) is 9.61. The first-order valence-corrected chi connectivity index (χ1v) is 15.0. The molecule has 1 aliphatic carbocycles. The van der Waals surface area contributed by atoms with Gasteiger partial charge in [-0.1, -0.05) is 61.7 Å². The number of hydrogen-bond acceptors (Lipinski definition) is 6.